The number of aromatic amines is 1. The molecule has 3 amide bonds. The van der Waals surface area contributed by atoms with Crippen LogP contribution < -0.4 is 21.7 Å². The number of nitrogens with one attached hydrogen (secondary N) is 2. The van der Waals surface area contributed by atoms with E-state index >= 15 is 0 Å². The summed E-state index contributed by atoms with van der Waals surface area (Å²) in [5, 5.41) is 4.07. The number of aromatic nitrogens is 2. The summed E-state index contributed by atoms with van der Waals surface area (Å²) in [6, 6.07) is 12.4. The lowest BCUT2D eigenvalue weighted by molar-refractivity contribution is -0.123. The highest BCUT2D eigenvalue weighted by Crippen LogP contribution is 2.37. The van der Waals surface area contributed by atoms with E-state index in [9.17, 15) is 14.4 Å². The van der Waals surface area contributed by atoms with Gasteiger partial charge < -0.3 is 21.8 Å². The van der Waals surface area contributed by atoms with Gasteiger partial charge in [0.25, 0.3) is 11.8 Å². The number of nitrogen functional groups attached to an aromatic ring is 1. The van der Waals surface area contributed by atoms with Gasteiger partial charge in [-0.15, -0.1) is 0 Å². The molecular formula is C29H32N6O3S. The summed E-state index contributed by atoms with van der Waals surface area (Å²) in [5.41, 5.74) is 15.3. The van der Waals surface area contributed by atoms with E-state index in [4.69, 9.17) is 11.5 Å². The van der Waals surface area contributed by atoms with E-state index in [1.165, 1.54) is 4.90 Å². The maximum Gasteiger partial charge on any atom is 0.273 e. The number of H-pyrrole nitrogens is 1. The summed E-state index contributed by atoms with van der Waals surface area (Å²) < 4.78 is 4.05. The van der Waals surface area contributed by atoms with Crippen molar-refractivity contribution in [3.8, 4) is 0 Å². The second-order valence-electron chi connectivity index (χ2n) is 10.1. The van der Waals surface area contributed by atoms with Gasteiger partial charge in [0.2, 0.25) is 5.91 Å². The number of amides is 3. The molecule has 1 atom stereocenters. The third-order valence-electron chi connectivity index (χ3n) is 7.36. The number of aryl methyl sites for hydroxylation is 2. The number of hydrogen-bond acceptors (Lipinski definition) is 6. The number of carbonyl (C=O) groups is 3. The van der Waals surface area contributed by atoms with Crippen LogP contribution in [0.3, 0.4) is 0 Å². The van der Waals surface area contributed by atoms with Crippen molar-refractivity contribution in [2.45, 2.75) is 58.0 Å². The van der Waals surface area contributed by atoms with Crippen LogP contribution in [0.25, 0.3) is 10.9 Å². The molecule has 9 nitrogen and oxygen atoms in total. The summed E-state index contributed by atoms with van der Waals surface area (Å²) in [6.07, 6.45) is 6.83. The van der Waals surface area contributed by atoms with E-state index in [0.717, 1.165) is 65.7 Å². The molecule has 10 heteroatoms. The van der Waals surface area contributed by atoms with E-state index in [2.05, 4.69) is 14.7 Å². The number of para-hydroxylation sites is 1. The molecule has 0 saturated heterocycles. The Balaban J connectivity index is 1.70. The van der Waals surface area contributed by atoms with E-state index in [-0.39, 0.29) is 28.2 Å². The molecule has 0 radical (unpaired) electrons. The van der Waals surface area contributed by atoms with Gasteiger partial charge in [0, 0.05) is 34.4 Å². The Morgan fingerprint density at radius 2 is 1.85 bits per heavy atom. The zero-order valence-electron chi connectivity index (χ0n) is 22.0. The number of carbonyl (C=O) groups excluding carboxylic acids is 3. The van der Waals surface area contributed by atoms with E-state index in [0.29, 0.717) is 11.3 Å². The maximum absolute atomic E-state index is 14.4. The SMILES string of the molecule is Cc1ccc(N(C(=O)c2snc(C(N)=O)c2N)[C@@H](C(=O)NC2CCCCC2)c2c[nH]c3ccccc23)c(C)c1. The zero-order chi connectivity index (χ0) is 27.7. The third kappa shape index (κ3) is 5.12. The van der Waals surface area contributed by atoms with Crippen molar-refractivity contribution in [3.63, 3.8) is 0 Å². The van der Waals surface area contributed by atoms with Gasteiger partial charge in [0.1, 0.15) is 10.9 Å². The number of nitrogens with zero attached hydrogens (tertiary/aromatic N) is 2. The van der Waals surface area contributed by atoms with Crippen LogP contribution in [-0.4, -0.2) is 33.1 Å². The third-order valence-corrected chi connectivity index (χ3v) is 8.21. The highest BCUT2D eigenvalue weighted by atomic mass is 32.1. The minimum atomic E-state index is -1.02. The molecule has 1 aliphatic carbocycles. The Bertz CT molecular complexity index is 1550. The first-order valence-corrected chi connectivity index (χ1v) is 13.9. The fourth-order valence-corrected chi connectivity index (χ4v) is 6.17. The van der Waals surface area contributed by atoms with E-state index in [1.807, 2.05) is 56.3 Å². The summed E-state index contributed by atoms with van der Waals surface area (Å²) in [4.78, 5) is 45.3. The molecule has 2 aromatic carbocycles. The first-order valence-electron chi connectivity index (χ1n) is 13.1. The standard InChI is InChI=1S/C29H32N6O3S/c1-16-12-13-22(17(2)14-16)35(29(38)26-23(30)24(27(31)36)34-39-26)25(28(37)33-18-8-4-3-5-9-18)20-15-32-21-11-7-6-10-19(20)21/h6-7,10-15,18,25,32H,3-5,8-9,30H2,1-2H3,(H2,31,36)(H,33,37)/t25-/m1/s1. The van der Waals surface area contributed by atoms with Crippen LogP contribution in [0.1, 0.15) is 75.0 Å². The molecule has 0 bridgehead atoms. The fourth-order valence-electron chi connectivity index (χ4n) is 5.42. The molecule has 1 aliphatic rings. The Kier molecular flexibility index (Phi) is 7.38. The lowest BCUT2D eigenvalue weighted by Crippen LogP contribution is -2.47. The molecule has 0 aliphatic heterocycles. The molecule has 1 saturated carbocycles. The van der Waals surface area contributed by atoms with Crippen molar-refractivity contribution in [2.24, 2.45) is 5.73 Å². The van der Waals surface area contributed by atoms with Gasteiger partial charge in [-0.05, 0) is 55.9 Å². The summed E-state index contributed by atoms with van der Waals surface area (Å²) in [7, 11) is 0. The average Bonchev–Trinajstić information content (AvgIpc) is 3.51. The monoisotopic (exact) mass is 544 g/mol. The normalized spacial score (nSPS) is 14.7. The molecule has 202 valence electrons. The number of nitrogens with two attached hydrogens (primary N) is 2. The number of rotatable bonds is 7. The Labute approximate surface area is 230 Å². The number of fused-ring (bicyclic) bond motifs is 1. The van der Waals surface area contributed by atoms with Gasteiger partial charge in [0.15, 0.2) is 5.69 Å². The van der Waals surface area contributed by atoms with Crippen LogP contribution in [0.2, 0.25) is 0 Å². The summed E-state index contributed by atoms with van der Waals surface area (Å²) in [6.45, 7) is 3.87. The van der Waals surface area contributed by atoms with Crippen LogP contribution in [0.5, 0.6) is 0 Å². The molecular weight excluding hydrogens is 512 g/mol. The molecule has 2 aromatic heterocycles. The molecule has 1 fully saturated rings. The zero-order valence-corrected chi connectivity index (χ0v) is 22.8. The largest absolute Gasteiger partial charge is 0.395 e. The smallest absolute Gasteiger partial charge is 0.273 e. The topological polar surface area (TPSA) is 147 Å². The second kappa shape index (κ2) is 10.9. The number of primary amides is 1. The molecule has 5 rings (SSSR count). The van der Waals surface area contributed by atoms with Crippen LogP contribution in [0.4, 0.5) is 11.4 Å². The Hall–Kier alpha value is -4.18. The lowest BCUT2D eigenvalue weighted by atomic mass is 9.94. The minimum Gasteiger partial charge on any atom is -0.395 e. The van der Waals surface area contributed by atoms with Gasteiger partial charge >= 0.3 is 0 Å². The second-order valence-corrected chi connectivity index (χ2v) is 10.9. The summed E-state index contributed by atoms with van der Waals surface area (Å²) in [5.74, 6) is -1.62. The van der Waals surface area contributed by atoms with Crippen molar-refractivity contribution >= 4 is 51.5 Å². The van der Waals surface area contributed by atoms with Crippen molar-refractivity contribution in [1.82, 2.24) is 14.7 Å². The molecule has 2 heterocycles. The van der Waals surface area contributed by atoms with E-state index in [1.54, 1.807) is 6.20 Å². The van der Waals surface area contributed by atoms with Crippen molar-refractivity contribution in [3.05, 3.63) is 75.9 Å². The molecule has 0 spiro atoms. The van der Waals surface area contributed by atoms with Gasteiger partial charge in [-0.1, -0.05) is 55.2 Å². The van der Waals surface area contributed by atoms with Crippen LogP contribution in [-0.2, 0) is 4.79 Å². The highest BCUT2D eigenvalue weighted by Gasteiger charge is 2.38. The minimum absolute atomic E-state index is 0.0324. The van der Waals surface area contributed by atoms with Crippen molar-refractivity contribution < 1.29 is 14.4 Å². The van der Waals surface area contributed by atoms with Crippen molar-refractivity contribution in [2.75, 3.05) is 10.6 Å². The van der Waals surface area contributed by atoms with Gasteiger partial charge in [-0.25, -0.2) is 0 Å². The summed E-state index contributed by atoms with van der Waals surface area (Å²) >= 11 is 0.804. The number of benzene rings is 2. The van der Waals surface area contributed by atoms with Gasteiger partial charge in [-0.3, -0.25) is 19.3 Å². The lowest BCUT2D eigenvalue weighted by Gasteiger charge is -2.34. The molecule has 39 heavy (non-hydrogen) atoms. The molecule has 4 aromatic rings. The number of hydrogen-bond donors (Lipinski definition) is 4. The Morgan fingerprint density at radius 1 is 1.10 bits per heavy atom. The predicted molar refractivity (Wildman–Crippen MR) is 154 cm³/mol. The quantitative estimate of drug-likeness (QED) is 0.265. The fraction of sp³-hybridized carbons (Fsp3) is 0.310. The van der Waals surface area contributed by atoms with E-state index < -0.39 is 17.9 Å². The van der Waals surface area contributed by atoms with Crippen LogP contribution in [0, 0.1) is 13.8 Å². The Morgan fingerprint density at radius 3 is 2.54 bits per heavy atom. The van der Waals surface area contributed by atoms with Crippen LogP contribution in [0.15, 0.2) is 48.7 Å². The molecule has 6 N–H and O–H groups in total. The van der Waals surface area contributed by atoms with Gasteiger partial charge in [-0.2, -0.15) is 4.37 Å². The van der Waals surface area contributed by atoms with Crippen molar-refractivity contribution in [1.29, 1.82) is 0 Å². The molecule has 0 unspecified atom stereocenters. The highest BCUT2D eigenvalue weighted by molar-refractivity contribution is 7.09. The number of anilines is 2. The first kappa shape index (κ1) is 26.4. The van der Waals surface area contributed by atoms with Crippen LogP contribution >= 0.6 is 11.5 Å². The van der Waals surface area contributed by atoms with Gasteiger partial charge in [0.05, 0.1) is 5.69 Å². The predicted octanol–water partition coefficient (Wildman–Crippen LogP) is 4.76. The average molecular weight is 545 g/mol. The maximum atomic E-state index is 14.4. The first-order chi connectivity index (χ1) is 18.8.